The Labute approximate surface area is 173 Å². The summed E-state index contributed by atoms with van der Waals surface area (Å²) in [5.74, 6) is 7.26. The molecule has 1 N–H and O–H groups in total. The van der Waals surface area contributed by atoms with E-state index < -0.39 is 0 Å². The van der Waals surface area contributed by atoms with Crippen LogP contribution in [0, 0.1) is 11.8 Å². The van der Waals surface area contributed by atoms with Gasteiger partial charge < -0.3 is 5.32 Å². The number of halogens is 1. The van der Waals surface area contributed by atoms with Crippen LogP contribution in [0.2, 0.25) is 5.02 Å². The summed E-state index contributed by atoms with van der Waals surface area (Å²) in [4.78, 5) is 6.77. The van der Waals surface area contributed by atoms with Gasteiger partial charge in [-0.15, -0.1) is 11.3 Å². The molecule has 4 nitrogen and oxygen atoms in total. The van der Waals surface area contributed by atoms with E-state index in [-0.39, 0.29) is 5.54 Å². The summed E-state index contributed by atoms with van der Waals surface area (Å²) in [6.07, 6.45) is 1.76. The van der Waals surface area contributed by atoms with Crippen LogP contribution in [0.25, 0.3) is 16.2 Å². The molecule has 0 radical (unpaired) electrons. The van der Waals surface area contributed by atoms with Gasteiger partial charge in [0.2, 0.25) is 0 Å². The van der Waals surface area contributed by atoms with Crippen LogP contribution < -0.4 is 5.32 Å². The van der Waals surface area contributed by atoms with Crippen molar-refractivity contribution in [2.75, 3.05) is 5.32 Å². The summed E-state index contributed by atoms with van der Waals surface area (Å²) in [7, 11) is 0. The van der Waals surface area contributed by atoms with Gasteiger partial charge in [0.1, 0.15) is 5.82 Å². The summed E-state index contributed by atoms with van der Waals surface area (Å²) in [5.41, 5.74) is 2.45. The Morgan fingerprint density at radius 3 is 2.68 bits per heavy atom. The predicted octanol–water partition coefficient (Wildman–Crippen LogP) is 5.72. The molecule has 1 aromatic carbocycles. The molecule has 3 aromatic heterocycles. The molecule has 0 saturated carbocycles. The third-order valence-corrected chi connectivity index (χ3v) is 5.27. The summed E-state index contributed by atoms with van der Waals surface area (Å²) in [6.45, 7) is 6.36. The van der Waals surface area contributed by atoms with Crippen LogP contribution in [0.3, 0.4) is 0 Å². The SMILES string of the molecule is CC(C)(C)Nc1cc(-c2ccc(C#Cc3ccccc3Cl)s2)nc2ccnn12. The van der Waals surface area contributed by atoms with Crippen LogP contribution in [-0.2, 0) is 0 Å². The molecule has 0 aliphatic heterocycles. The fraction of sp³-hybridized carbons (Fsp3) is 0.182. The second-order valence-corrected chi connectivity index (χ2v) is 8.89. The van der Waals surface area contributed by atoms with E-state index in [0.29, 0.717) is 5.02 Å². The number of hydrogen-bond acceptors (Lipinski definition) is 4. The normalized spacial score (nSPS) is 11.3. The fourth-order valence-electron chi connectivity index (χ4n) is 2.75. The lowest BCUT2D eigenvalue weighted by Crippen LogP contribution is -2.27. The minimum atomic E-state index is -0.0848. The lowest BCUT2D eigenvalue weighted by molar-refractivity contribution is 0.625. The highest BCUT2D eigenvalue weighted by Crippen LogP contribution is 2.29. The fourth-order valence-corrected chi connectivity index (χ4v) is 3.75. The van der Waals surface area contributed by atoms with E-state index in [1.54, 1.807) is 17.5 Å². The number of nitrogens with zero attached hydrogens (tertiary/aromatic N) is 3. The Morgan fingerprint density at radius 2 is 1.89 bits per heavy atom. The molecule has 0 amide bonds. The van der Waals surface area contributed by atoms with Gasteiger partial charge in [-0.1, -0.05) is 35.6 Å². The summed E-state index contributed by atoms with van der Waals surface area (Å²) >= 11 is 7.79. The van der Waals surface area contributed by atoms with Gasteiger partial charge in [0, 0.05) is 23.2 Å². The molecular weight excluding hydrogens is 388 g/mol. The van der Waals surface area contributed by atoms with Gasteiger partial charge in [0.25, 0.3) is 0 Å². The molecule has 0 fully saturated rings. The second-order valence-electron chi connectivity index (χ2n) is 7.40. The maximum absolute atomic E-state index is 6.18. The van der Waals surface area contributed by atoms with Gasteiger partial charge in [-0.05, 0) is 45.0 Å². The molecule has 3 heterocycles. The number of fused-ring (bicyclic) bond motifs is 1. The maximum Gasteiger partial charge on any atom is 0.158 e. The van der Waals surface area contributed by atoms with Gasteiger partial charge >= 0.3 is 0 Å². The molecule has 0 aliphatic carbocycles. The number of nitrogens with one attached hydrogen (secondary N) is 1. The Hall–Kier alpha value is -2.81. The minimum Gasteiger partial charge on any atom is -0.365 e. The Balaban J connectivity index is 1.69. The highest BCUT2D eigenvalue weighted by atomic mass is 35.5. The Morgan fingerprint density at radius 1 is 1.07 bits per heavy atom. The molecule has 4 rings (SSSR count). The molecule has 28 heavy (non-hydrogen) atoms. The van der Waals surface area contributed by atoms with Crippen LogP contribution in [-0.4, -0.2) is 20.1 Å². The Kier molecular flexibility index (Phi) is 4.84. The van der Waals surface area contributed by atoms with Gasteiger partial charge in [-0.25, -0.2) is 4.98 Å². The van der Waals surface area contributed by atoms with E-state index in [9.17, 15) is 0 Å². The molecule has 6 heteroatoms. The van der Waals surface area contributed by atoms with Crippen LogP contribution >= 0.6 is 22.9 Å². The molecular formula is C22H19ClN4S. The number of benzene rings is 1. The molecule has 140 valence electrons. The van der Waals surface area contributed by atoms with Crippen molar-refractivity contribution in [3.63, 3.8) is 0 Å². The second kappa shape index (κ2) is 7.31. The number of thiophene rings is 1. The summed E-state index contributed by atoms with van der Waals surface area (Å²) in [6, 6.07) is 15.6. The van der Waals surface area contributed by atoms with E-state index in [4.69, 9.17) is 16.6 Å². The molecule has 0 spiro atoms. The molecule has 0 bridgehead atoms. The van der Waals surface area contributed by atoms with Crippen LogP contribution in [0.1, 0.15) is 31.2 Å². The zero-order chi connectivity index (χ0) is 19.7. The van der Waals surface area contributed by atoms with Crippen molar-refractivity contribution in [3.8, 4) is 22.4 Å². The third kappa shape index (κ3) is 4.04. The first kappa shape index (κ1) is 18.5. The van der Waals surface area contributed by atoms with Crippen molar-refractivity contribution in [3.05, 3.63) is 70.2 Å². The first-order chi connectivity index (χ1) is 13.4. The maximum atomic E-state index is 6.18. The Bertz CT molecular complexity index is 1200. The first-order valence-corrected chi connectivity index (χ1v) is 10.1. The standard InChI is InChI=1S/C22H19ClN4S/c1-22(2,3)26-21-14-18(25-20-12-13-24-27(20)21)19-11-10-16(28-19)9-8-15-6-4-5-7-17(15)23/h4-7,10-14,26H,1-3H3. The third-order valence-electron chi connectivity index (χ3n) is 3.92. The van der Waals surface area contributed by atoms with E-state index >= 15 is 0 Å². The van der Waals surface area contributed by atoms with Gasteiger partial charge in [-0.2, -0.15) is 9.61 Å². The van der Waals surface area contributed by atoms with Crippen LogP contribution in [0.15, 0.2) is 54.7 Å². The van der Waals surface area contributed by atoms with E-state index in [1.807, 2.05) is 47.0 Å². The van der Waals surface area contributed by atoms with Gasteiger partial charge in [0.05, 0.1) is 26.7 Å². The molecule has 0 atom stereocenters. The van der Waals surface area contributed by atoms with Crippen molar-refractivity contribution in [1.29, 1.82) is 0 Å². The smallest absolute Gasteiger partial charge is 0.158 e. The van der Waals surface area contributed by atoms with Crippen molar-refractivity contribution in [2.45, 2.75) is 26.3 Å². The van der Waals surface area contributed by atoms with Crippen molar-refractivity contribution < 1.29 is 0 Å². The zero-order valence-electron chi connectivity index (χ0n) is 15.8. The highest BCUT2D eigenvalue weighted by Gasteiger charge is 2.15. The molecule has 0 saturated heterocycles. The van der Waals surface area contributed by atoms with E-state index in [1.165, 1.54) is 0 Å². The minimum absolute atomic E-state index is 0.0848. The van der Waals surface area contributed by atoms with Crippen molar-refractivity contribution in [1.82, 2.24) is 14.6 Å². The van der Waals surface area contributed by atoms with E-state index in [2.05, 4.69) is 49.1 Å². The van der Waals surface area contributed by atoms with Gasteiger partial charge in [-0.3, -0.25) is 0 Å². The van der Waals surface area contributed by atoms with Crippen molar-refractivity contribution >= 4 is 34.4 Å². The number of hydrogen-bond donors (Lipinski definition) is 1. The lowest BCUT2D eigenvalue weighted by Gasteiger charge is -2.22. The number of rotatable bonds is 2. The highest BCUT2D eigenvalue weighted by molar-refractivity contribution is 7.16. The quantitative estimate of drug-likeness (QED) is 0.433. The number of anilines is 1. The average Bonchev–Trinajstić information content (AvgIpc) is 3.29. The average molecular weight is 407 g/mol. The molecule has 0 aliphatic rings. The van der Waals surface area contributed by atoms with Gasteiger partial charge in [0.15, 0.2) is 5.65 Å². The zero-order valence-corrected chi connectivity index (χ0v) is 17.4. The predicted molar refractivity (Wildman–Crippen MR) is 117 cm³/mol. The first-order valence-electron chi connectivity index (χ1n) is 8.89. The molecule has 4 aromatic rings. The van der Waals surface area contributed by atoms with Crippen LogP contribution in [0.5, 0.6) is 0 Å². The lowest BCUT2D eigenvalue weighted by atomic mass is 10.1. The largest absolute Gasteiger partial charge is 0.365 e. The van der Waals surface area contributed by atoms with Crippen molar-refractivity contribution in [2.24, 2.45) is 0 Å². The molecule has 0 unspecified atom stereocenters. The topological polar surface area (TPSA) is 42.2 Å². The summed E-state index contributed by atoms with van der Waals surface area (Å²) < 4.78 is 1.82. The van der Waals surface area contributed by atoms with Crippen LogP contribution in [0.4, 0.5) is 5.82 Å². The number of aromatic nitrogens is 3. The summed E-state index contributed by atoms with van der Waals surface area (Å²) in [5, 5.41) is 8.54. The monoisotopic (exact) mass is 406 g/mol. The van der Waals surface area contributed by atoms with E-state index in [0.717, 1.165) is 32.5 Å².